The molecule has 0 unspecified atom stereocenters. The maximum Gasteiger partial charge on any atom is 0.287 e. The second kappa shape index (κ2) is 7.42. The van der Waals surface area contributed by atoms with Crippen LogP contribution in [0.3, 0.4) is 0 Å². The molecule has 22 heavy (non-hydrogen) atoms. The smallest absolute Gasteiger partial charge is 0.287 e. The maximum absolute atomic E-state index is 12.2. The highest BCUT2D eigenvalue weighted by Crippen LogP contribution is 2.20. The van der Waals surface area contributed by atoms with Crippen molar-refractivity contribution in [2.75, 3.05) is 0 Å². The van der Waals surface area contributed by atoms with E-state index in [1.807, 2.05) is 61.0 Å². The summed E-state index contributed by atoms with van der Waals surface area (Å²) in [5.74, 6) is 0.0886. The molecule has 3 rings (SSSR count). The Morgan fingerprint density at radius 1 is 1.18 bits per heavy atom. The normalized spacial score (nSPS) is 10.0. The molecule has 0 saturated heterocycles. The number of Topliss-reactive ketones (excluding diaryl/α,β-unsaturated/α-hetero) is 1. The zero-order valence-electron chi connectivity index (χ0n) is 12.1. The van der Waals surface area contributed by atoms with Crippen LogP contribution in [0, 0.1) is 6.92 Å². The monoisotopic (exact) mass is 374 g/mol. The number of hydrogen-bond acceptors (Lipinski definition) is 3. The van der Waals surface area contributed by atoms with Gasteiger partial charge in [-0.05, 0) is 23.4 Å². The van der Waals surface area contributed by atoms with Crippen LogP contribution in [0.25, 0.3) is 10.6 Å². The molecule has 1 aromatic carbocycles. The molecule has 0 amide bonds. The van der Waals surface area contributed by atoms with Gasteiger partial charge in [0.15, 0.2) is 12.2 Å². The zero-order valence-corrected chi connectivity index (χ0v) is 14.5. The molecule has 0 atom stereocenters. The number of nitrogens with zero attached hydrogens (tertiary/aromatic N) is 2. The molecule has 112 valence electrons. The van der Waals surface area contributed by atoms with Gasteiger partial charge in [0.05, 0.1) is 11.1 Å². The van der Waals surface area contributed by atoms with E-state index >= 15 is 0 Å². The molecule has 0 N–H and O–H groups in total. The van der Waals surface area contributed by atoms with Crippen molar-refractivity contribution >= 4 is 17.1 Å². The third-order valence-electron chi connectivity index (χ3n) is 3.24. The van der Waals surface area contributed by atoms with Gasteiger partial charge in [-0.3, -0.25) is 4.79 Å². The first-order chi connectivity index (χ1) is 10.2. The minimum atomic E-state index is 0. The number of aromatic nitrogens is 2. The Kier molecular flexibility index (Phi) is 5.57. The predicted molar refractivity (Wildman–Crippen MR) is 83.3 cm³/mol. The first kappa shape index (κ1) is 16.5. The zero-order chi connectivity index (χ0) is 14.7. The molecular weight excluding hydrogens is 360 g/mol. The molecule has 5 heteroatoms. The second-order valence-corrected chi connectivity index (χ2v) is 5.83. The van der Waals surface area contributed by atoms with Crippen LogP contribution in [0.15, 0.2) is 60.4 Å². The lowest BCUT2D eigenvalue weighted by molar-refractivity contribution is -0.686. The number of hydrogen-bond donors (Lipinski definition) is 0. The highest BCUT2D eigenvalue weighted by Gasteiger charge is 2.11. The van der Waals surface area contributed by atoms with Gasteiger partial charge in [-0.2, -0.15) is 0 Å². The molecule has 2 heterocycles. The fourth-order valence-electron chi connectivity index (χ4n) is 2.04. The van der Waals surface area contributed by atoms with Crippen molar-refractivity contribution in [3.8, 4) is 10.6 Å². The van der Waals surface area contributed by atoms with Gasteiger partial charge in [0.1, 0.15) is 0 Å². The van der Waals surface area contributed by atoms with Gasteiger partial charge >= 0.3 is 0 Å². The number of ketones is 1. The van der Waals surface area contributed by atoms with Crippen molar-refractivity contribution in [3.63, 3.8) is 0 Å². The van der Waals surface area contributed by atoms with Crippen molar-refractivity contribution in [2.24, 2.45) is 0 Å². The largest absolute Gasteiger partial charge is 1.00 e. The van der Waals surface area contributed by atoms with E-state index in [0.29, 0.717) is 6.54 Å². The Bertz CT molecular complexity index is 737. The molecule has 0 fully saturated rings. The molecule has 0 spiro atoms. The lowest BCUT2D eigenvalue weighted by Gasteiger charge is -2.01. The van der Waals surface area contributed by atoms with E-state index in [4.69, 9.17) is 0 Å². The van der Waals surface area contributed by atoms with Gasteiger partial charge in [0.25, 0.3) is 6.33 Å². The van der Waals surface area contributed by atoms with Crippen LogP contribution in [0.5, 0.6) is 0 Å². The van der Waals surface area contributed by atoms with Crippen LogP contribution in [0.2, 0.25) is 0 Å². The minimum Gasteiger partial charge on any atom is -1.00 e. The van der Waals surface area contributed by atoms with Crippen LogP contribution in [-0.4, -0.2) is 10.8 Å². The third-order valence-corrected chi connectivity index (χ3v) is 4.13. The van der Waals surface area contributed by atoms with E-state index in [1.165, 1.54) is 0 Å². The van der Waals surface area contributed by atoms with Crippen LogP contribution >= 0.6 is 11.3 Å². The number of carbonyl (C=O) groups excluding carboxylic acids is 1. The Morgan fingerprint density at radius 2 is 1.95 bits per heavy atom. The van der Waals surface area contributed by atoms with Gasteiger partial charge in [0.2, 0.25) is 5.78 Å². The molecule has 0 aliphatic rings. The summed E-state index contributed by atoms with van der Waals surface area (Å²) >= 11 is 1.66. The Labute approximate surface area is 144 Å². The fraction of sp³-hybridized carbons (Fsp3) is 0.118. The van der Waals surface area contributed by atoms with Crippen LogP contribution in [0.4, 0.5) is 0 Å². The standard InChI is InChI=1S/C17H15N2OS.BrH/c1-13-4-6-14(7-5-13)16(20)11-19-9-8-15(18-12-19)17-3-2-10-21-17;/h2-10,12H,11H2,1H3;1H/q+1;/p-1. The molecule has 3 nitrogen and oxygen atoms in total. The SMILES string of the molecule is Cc1ccc(C(=O)C[n+]2ccc(-c3cccs3)nc2)cc1.[Br-]. The fourth-order valence-corrected chi connectivity index (χ4v) is 2.75. The van der Waals surface area contributed by atoms with E-state index in [9.17, 15) is 4.79 Å². The topological polar surface area (TPSA) is 33.8 Å². The van der Waals surface area contributed by atoms with Crippen LogP contribution in [0.1, 0.15) is 15.9 Å². The molecule has 0 bridgehead atoms. The molecule has 0 saturated carbocycles. The summed E-state index contributed by atoms with van der Waals surface area (Å²) in [4.78, 5) is 17.7. The summed E-state index contributed by atoms with van der Waals surface area (Å²) in [7, 11) is 0. The Hall–Kier alpha value is -1.85. The van der Waals surface area contributed by atoms with Gasteiger partial charge in [-0.15, -0.1) is 11.3 Å². The number of aryl methyl sites for hydroxylation is 1. The van der Waals surface area contributed by atoms with E-state index in [-0.39, 0.29) is 22.8 Å². The third kappa shape index (κ3) is 3.87. The minimum absolute atomic E-state index is 0. The molecule has 2 aromatic heterocycles. The summed E-state index contributed by atoms with van der Waals surface area (Å²) in [6, 6.07) is 13.6. The Balaban J connectivity index is 0.00000176. The Morgan fingerprint density at radius 3 is 2.55 bits per heavy atom. The molecule has 0 aliphatic heterocycles. The lowest BCUT2D eigenvalue weighted by Crippen LogP contribution is -3.00. The lowest BCUT2D eigenvalue weighted by atomic mass is 10.1. The summed E-state index contributed by atoms with van der Waals surface area (Å²) in [5.41, 5.74) is 2.82. The maximum atomic E-state index is 12.2. The number of benzene rings is 1. The van der Waals surface area contributed by atoms with Crippen molar-refractivity contribution in [1.82, 2.24) is 4.98 Å². The number of carbonyl (C=O) groups is 1. The van der Waals surface area contributed by atoms with Gasteiger partial charge in [-0.25, -0.2) is 4.57 Å². The highest BCUT2D eigenvalue weighted by atomic mass is 79.9. The van der Waals surface area contributed by atoms with Gasteiger partial charge < -0.3 is 17.0 Å². The molecule has 3 aromatic rings. The summed E-state index contributed by atoms with van der Waals surface area (Å²) in [6.45, 7) is 2.32. The van der Waals surface area contributed by atoms with E-state index in [2.05, 4.69) is 4.98 Å². The number of halogens is 1. The summed E-state index contributed by atoms with van der Waals surface area (Å²) in [5, 5.41) is 2.03. The average Bonchev–Trinajstić information content (AvgIpc) is 3.03. The molecular formula is C17H15BrN2OS. The number of rotatable bonds is 4. The summed E-state index contributed by atoms with van der Waals surface area (Å²) < 4.78 is 1.80. The highest BCUT2D eigenvalue weighted by molar-refractivity contribution is 7.13. The van der Waals surface area contributed by atoms with Crippen molar-refractivity contribution < 1.29 is 26.3 Å². The van der Waals surface area contributed by atoms with Crippen LogP contribution in [-0.2, 0) is 6.54 Å². The molecule has 0 aliphatic carbocycles. The first-order valence-electron chi connectivity index (χ1n) is 6.71. The second-order valence-electron chi connectivity index (χ2n) is 4.88. The predicted octanol–water partition coefficient (Wildman–Crippen LogP) is 0.293. The average molecular weight is 375 g/mol. The molecule has 0 radical (unpaired) electrons. The number of thiophene rings is 1. The summed E-state index contributed by atoms with van der Waals surface area (Å²) in [6.07, 6.45) is 3.61. The van der Waals surface area contributed by atoms with E-state index < -0.39 is 0 Å². The van der Waals surface area contributed by atoms with Gasteiger partial charge in [-0.1, -0.05) is 35.9 Å². The first-order valence-corrected chi connectivity index (χ1v) is 7.59. The van der Waals surface area contributed by atoms with Crippen molar-refractivity contribution in [2.45, 2.75) is 13.5 Å². The van der Waals surface area contributed by atoms with Crippen LogP contribution < -0.4 is 21.5 Å². The van der Waals surface area contributed by atoms with Gasteiger partial charge in [0, 0.05) is 11.6 Å². The quantitative estimate of drug-likeness (QED) is 0.486. The van der Waals surface area contributed by atoms with E-state index in [1.54, 1.807) is 22.2 Å². The van der Waals surface area contributed by atoms with Crippen molar-refractivity contribution in [1.29, 1.82) is 0 Å². The van der Waals surface area contributed by atoms with Crippen molar-refractivity contribution in [3.05, 3.63) is 71.5 Å². The van der Waals surface area contributed by atoms with E-state index in [0.717, 1.165) is 21.7 Å².